The first-order valence-corrected chi connectivity index (χ1v) is 9.39. The molecule has 1 heterocycles. The summed E-state index contributed by atoms with van der Waals surface area (Å²) >= 11 is 6.45. The molecule has 1 saturated heterocycles. The zero-order valence-electron chi connectivity index (χ0n) is 15.2. The van der Waals surface area contributed by atoms with Crippen LogP contribution in [0.15, 0.2) is 48.5 Å². The number of halogens is 1. The van der Waals surface area contributed by atoms with Crippen LogP contribution in [0.5, 0.6) is 5.75 Å². The molecule has 1 aliphatic rings. The van der Waals surface area contributed by atoms with Gasteiger partial charge in [0.2, 0.25) is 5.91 Å². The first-order chi connectivity index (χ1) is 12.6. The van der Waals surface area contributed by atoms with Gasteiger partial charge in [-0.05, 0) is 44.0 Å². The summed E-state index contributed by atoms with van der Waals surface area (Å²) in [7, 11) is 1.64. The second-order valence-corrected chi connectivity index (χ2v) is 7.19. The molecular weight excluding hydrogens is 348 g/mol. The summed E-state index contributed by atoms with van der Waals surface area (Å²) in [6.07, 6.45) is 1.68. The minimum Gasteiger partial charge on any atom is -0.496 e. The number of para-hydroxylation sites is 1. The number of carbonyl (C=O) groups is 1. The molecule has 1 unspecified atom stereocenters. The van der Waals surface area contributed by atoms with Crippen molar-refractivity contribution in [2.24, 2.45) is 5.92 Å². The van der Waals surface area contributed by atoms with E-state index in [4.69, 9.17) is 16.3 Å². The van der Waals surface area contributed by atoms with E-state index in [-0.39, 0.29) is 17.9 Å². The van der Waals surface area contributed by atoms with Crippen LogP contribution in [0.2, 0.25) is 5.02 Å². The molecule has 0 saturated carbocycles. The predicted molar refractivity (Wildman–Crippen MR) is 105 cm³/mol. The van der Waals surface area contributed by atoms with E-state index in [0.29, 0.717) is 11.1 Å². The smallest absolute Gasteiger partial charge is 0.223 e. The first kappa shape index (κ1) is 18.7. The molecule has 1 aliphatic heterocycles. The van der Waals surface area contributed by atoms with Crippen molar-refractivity contribution in [2.75, 3.05) is 13.7 Å². The van der Waals surface area contributed by atoms with Crippen molar-refractivity contribution in [2.45, 2.75) is 31.8 Å². The average Bonchev–Trinajstić information content (AvgIpc) is 2.66. The van der Waals surface area contributed by atoms with Crippen LogP contribution in [0.1, 0.15) is 36.9 Å². The standard InChI is InChI=1S/C21H25ClN2O2/c1-14-13-15(11-12-23-14)21(25)24-20(16-7-3-5-9-18(16)22)17-8-4-6-10-19(17)26-2/h3-10,14-15,20,23H,11-13H2,1-2H3,(H,24,25)/t14-,15-,20?/m0/s1. The van der Waals surface area contributed by atoms with Crippen LogP contribution in [-0.2, 0) is 4.79 Å². The zero-order valence-corrected chi connectivity index (χ0v) is 15.9. The largest absolute Gasteiger partial charge is 0.496 e. The molecule has 5 heteroatoms. The van der Waals surface area contributed by atoms with Gasteiger partial charge in [0.05, 0.1) is 13.2 Å². The monoisotopic (exact) mass is 372 g/mol. The molecule has 3 rings (SSSR count). The maximum Gasteiger partial charge on any atom is 0.223 e. The Hall–Kier alpha value is -2.04. The topological polar surface area (TPSA) is 50.4 Å². The minimum absolute atomic E-state index is 0.00550. The number of piperidine rings is 1. The molecule has 138 valence electrons. The summed E-state index contributed by atoms with van der Waals surface area (Å²) in [5.74, 6) is 0.802. The van der Waals surface area contributed by atoms with E-state index in [1.54, 1.807) is 7.11 Å². The fourth-order valence-corrected chi connectivity index (χ4v) is 3.81. The highest BCUT2D eigenvalue weighted by Crippen LogP contribution is 2.34. The second-order valence-electron chi connectivity index (χ2n) is 6.78. The summed E-state index contributed by atoms with van der Waals surface area (Å²) in [6, 6.07) is 15.4. The third-order valence-electron chi connectivity index (χ3n) is 4.95. The molecule has 26 heavy (non-hydrogen) atoms. The van der Waals surface area contributed by atoms with Gasteiger partial charge in [-0.15, -0.1) is 0 Å². The van der Waals surface area contributed by atoms with Crippen LogP contribution in [0.25, 0.3) is 0 Å². The van der Waals surface area contributed by atoms with Crippen molar-refractivity contribution in [3.8, 4) is 5.75 Å². The second kappa shape index (κ2) is 8.56. The number of nitrogens with one attached hydrogen (secondary N) is 2. The molecule has 1 amide bonds. The summed E-state index contributed by atoms with van der Waals surface area (Å²) in [5.41, 5.74) is 1.77. The predicted octanol–water partition coefficient (Wildman–Crippen LogP) is 3.94. The van der Waals surface area contributed by atoms with Gasteiger partial charge in [0.1, 0.15) is 5.75 Å². The molecule has 3 atom stereocenters. The number of benzene rings is 2. The van der Waals surface area contributed by atoms with Crippen LogP contribution < -0.4 is 15.4 Å². The molecule has 2 N–H and O–H groups in total. The van der Waals surface area contributed by atoms with E-state index in [1.807, 2.05) is 48.5 Å². The Bertz CT molecular complexity index is 765. The van der Waals surface area contributed by atoms with Crippen LogP contribution in [-0.4, -0.2) is 25.6 Å². The lowest BCUT2D eigenvalue weighted by molar-refractivity contribution is -0.126. The van der Waals surface area contributed by atoms with Crippen LogP contribution >= 0.6 is 11.6 Å². The van der Waals surface area contributed by atoms with Gasteiger partial charge < -0.3 is 15.4 Å². The molecule has 4 nitrogen and oxygen atoms in total. The first-order valence-electron chi connectivity index (χ1n) is 9.01. The van der Waals surface area contributed by atoms with E-state index in [2.05, 4.69) is 17.6 Å². The number of methoxy groups -OCH3 is 1. The van der Waals surface area contributed by atoms with E-state index in [0.717, 1.165) is 36.3 Å². The Morgan fingerprint density at radius 1 is 1.19 bits per heavy atom. The van der Waals surface area contributed by atoms with Crippen molar-refractivity contribution in [3.63, 3.8) is 0 Å². The molecule has 0 aromatic heterocycles. The van der Waals surface area contributed by atoms with Gasteiger partial charge in [-0.3, -0.25) is 4.79 Å². The molecule has 0 aliphatic carbocycles. The fourth-order valence-electron chi connectivity index (χ4n) is 3.57. The Morgan fingerprint density at radius 2 is 1.88 bits per heavy atom. The Morgan fingerprint density at radius 3 is 2.58 bits per heavy atom. The molecule has 1 fully saturated rings. The maximum absolute atomic E-state index is 13.0. The van der Waals surface area contributed by atoms with E-state index in [1.165, 1.54) is 0 Å². The molecule has 0 radical (unpaired) electrons. The third-order valence-corrected chi connectivity index (χ3v) is 5.29. The third kappa shape index (κ3) is 4.19. The van der Waals surface area contributed by atoms with Crippen molar-refractivity contribution >= 4 is 17.5 Å². The Balaban J connectivity index is 1.93. The van der Waals surface area contributed by atoms with Crippen molar-refractivity contribution in [3.05, 3.63) is 64.7 Å². The van der Waals surface area contributed by atoms with Crippen molar-refractivity contribution in [1.82, 2.24) is 10.6 Å². The quantitative estimate of drug-likeness (QED) is 0.835. The molecular formula is C21H25ClN2O2. The molecule has 2 aromatic rings. The van der Waals surface area contributed by atoms with Gasteiger partial charge in [-0.1, -0.05) is 48.0 Å². The van der Waals surface area contributed by atoms with Gasteiger partial charge >= 0.3 is 0 Å². The lowest BCUT2D eigenvalue weighted by Gasteiger charge is -2.30. The lowest BCUT2D eigenvalue weighted by Crippen LogP contribution is -2.43. The van der Waals surface area contributed by atoms with Crippen molar-refractivity contribution in [1.29, 1.82) is 0 Å². The Kier molecular flexibility index (Phi) is 6.17. The Labute approximate surface area is 159 Å². The lowest BCUT2D eigenvalue weighted by atomic mass is 9.91. The summed E-state index contributed by atoms with van der Waals surface area (Å²) in [6.45, 7) is 2.98. The average molecular weight is 373 g/mol. The minimum atomic E-state index is -0.349. The van der Waals surface area contributed by atoms with Crippen molar-refractivity contribution < 1.29 is 9.53 Å². The van der Waals surface area contributed by atoms with E-state index < -0.39 is 0 Å². The van der Waals surface area contributed by atoms with Gasteiger partial charge in [-0.2, -0.15) is 0 Å². The van der Waals surface area contributed by atoms with Gasteiger partial charge in [0, 0.05) is 22.5 Å². The van der Waals surface area contributed by atoms with E-state index in [9.17, 15) is 4.79 Å². The fraction of sp³-hybridized carbons (Fsp3) is 0.381. The molecule has 0 bridgehead atoms. The number of rotatable bonds is 5. The summed E-state index contributed by atoms with van der Waals surface area (Å²) in [5, 5.41) is 7.24. The highest BCUT2D eigenvalue weighted by molar-refractivity contribution is 6.31. The normalized spacial score (nSPS) is 21.0. The molecule has 0 spiro atoms. The van der Waals surface area contributed by atoms with E-state index >= 15 is 0 Å². The number of hydrogen-bond acceptors (Lipinski definition) is 3. The summed E-state index contributed by atoms with van der Waals surface area (Å²) < 4.78 is 5.53. The summed E-state index contributed by atoms with van der Waals surface area (Å²) in [4.78, 5) is 13.0. The maximum atomic E-state index is 13.0. The molecule has 2 aromatic carbocycles. The highest BCUT2D eigenvalue weighted by Gasteiger charge is 2.29. The highest BCUT2D eigenvalue weighted by atomic mass is 35.5. The van der Waals surface area contributed by atoms with Crippen LogP contribution in [0, 0.1) is 5.92 Å². The zero-order chi connectivity index (χ0) is 18.5. The number of carbonyl (C=O) groups excluding carboxylic acids is 1. The number of hydrogen-bond donors (Lipinski definition) is 2. The number of amides is 1. The number of ether oxygens (including phenoxy) is 1. The van der Waals surface area contributed by atoms with Crippen LogP contribution in [0.4, 0.5) is 0 Å². The van der Waals surface area contributed by atoms with Crippen LogP contribution in [0.3, 0.4) is 0 Å². The van der Waals surface area contributed by atoms with Gasteiger partial charge in [0.15, 0.2) is 0 Å². The van der Waals surface area contributed by atoms with Gasteiger partial charge in [0.25, 0.3) is 0 Å². The van der Waals surface area contributed by atoms with Gasteiger partial charge in [-0.25, -0.2) is 0 Å². The SMILES string of the molecule is COc1ccccc1C(NC(=O)[C@H]1CCN[C@@H](C)C1)c1ccccc1Cl.